The predicted molar refractivity (Wildman–Crippen MR) is 58.0 cm³/mol. The van der Waals surface area contributed by atoms with Crippen LogP contribution in [0.1, 0.15) is 30.9 Å². The van der Waals surface area contributed by atoms with Crippen LogP contribution in [0.3, 0.4) is 0 Å². The Morgan fingerprint density at radius 3 is 2.53 bits per heavy atom. The van der Waals surface area contributed by atoms with Crippen molar-refractivity contribution in [2.45, 2.75) is 20.3 Å². The van der Waals surface area contributed by atoms with Gasteiger partial charge in [-0.3, -0.25) is 4.79 Å². The fourth-order valence-corrected chi connectivity index (χ4v) is 1.89. The number of carbonyl (C=O) groups is 1. The fraction of sp³-hybridized carbons (Fsp3) is 0.545. The molecule has 2 rings (SSSR count). The fourth-order valence-electron chi connectivity index (χ4n) is 1.89. The van der Waals surface area contributed by atoms with Crippen LogP contribution in [0.5, 0.6) is 0 Å². The Labute approximate surface area is 89.3 Å². The lowest BCUT2D eigenvalue weighted by Gasteiger charge is -2.20. The molecule has 15 heavy (non-hydrogen) atoms. The Morgan fingerprint density at radius 2 is 2.07 bits per heavy atom. The number of aldehydes is 1. The summed E-state index contributed by atoms with van der Waals surface area (Å²) in [5.41, 5.74) is 1.37. The summed E-state index contributed by atoms with van der Waals surface area (Å²) in [5.74, 6) is 0.247. The van der Waals surface area contributed by atoms with Crippen LogP contribution in [0.4, 0.5) is 5.69 Å². The molecule has 0 saturated carbocycles. The van der Waals surface area contributed by atoms with Crippen LogP contribution >= 0.6 is 0 Å². The van der Waals surface area contributed by atoms with Crippen molar-refractivity contribution >= 4 is 12.0 Å². The number of anilines is 1. The molecule has 4 nitrogen and oxygen atoms in total. The summed E-state index contributed by atoms with van der Waals surface area (Å²) in [7, 11) is 0. The SMILES string of the molecule is CC1(C)CCN(c2cnc(C=O)nc2)C1. The van der Waals surface area contributed by atoms with Crippen molar-refractivity contribution < 1.29 is 4.79 Å². The Hall–Kier alpha value is -1.45. The number of hydrogen-bond donors (Lipinski definition) is 0. The van der Waals surface area contributed by atoms with E-state index in [9.17, 15) is 4.79 Å². The summed E-state index contributed by atoms with van der Waals surface area (Å²) in [6.07, 6.45) is 5.29. The van der Waals surface area contributed by atoms with Crippen molar-refractivity contribution in [1.29, 1.82) is 0 Å². The standard InChI is InChI=1S/C11H15N3O/c1-11(2)3-4-14(8-11)9-5-12-10(7-15)13-6-9/h5-7H,3-4,8H2,1-2H3. The van der Waals surface area contributed by atoms with Crippen molar-refractivity contribution in [1.82, 2.24) is 9.97 Å². The molecule has 0 spiro atoms. The Balaban J connectivity index is 2.14. The van der Waals surface area contributed by atoms with Crippen molar-refractivity contribution in [2.75, 3.05) is 18.0 Å². The molecule has 0 atom stereocenters. The quantitative estimate of drug-likeness (QED) is 0.687. The number of carbonyl (C=O) groups excluding carboxylic acids is 1. The van der Waals surface area contributed by atoms with E-state index in [4.69, 9.17) is 0 Å². The van der Waals surface area contributed by atoms with Crippen LogP contribution in [-0.4, -0.2) is 29.3 Å². The normalized spacial score (nSPS) is 19.2. The first-order valence-electron chi connectivity index (χ1n) is 5.13. The molecular weight excluding hydrogens is 190 g/mol. The number of aromatic nitrogens is 2. The summed E-state index contributed by atoms with van der Waals surface area (Å²) in [5, 5.41) is 0. The van der Waals surface area contributed by atoms with Crippen molar-refractivity contribution in [3.8, 4) is 0 Å². The van der Waals surface area contributed by atoms with E-state index in [1.807, 2.05) is 0 Å². The van der Waals surface area contributed by atoms with E-state index in [0.29, 0.717) is 11.7 Å². The lowest BCUT2D eigenvalue weighted by atomic mass is 9.93. The maximum atomic E-state index is 10.4. The van der Waals surface area contributed by atoms with Crippen molar-refractivity contribution in [3.63, 3.8) is 0 Å². The molecule has 0 N–H and O–H groups in total. The Kier molecular flexibility index (Phi) is 2.42. The van der Waals surface area contributed by atoms with Crippen molar-refractivity contribution in [2.24, 2.45) is 5.41 Å². The van der Waals surface area contributed by atoms with Gasteiger partial charge in [-0.2, -0.15) is 0 Å². The zero-order valence-electron chi connectivity index (χ0n) is 9.10. The van der Waals surface area contributed by atoms with Gasteiger partial charge in [-0.1, -0.05) is 13.8 Å². The van der Waals surface area contributed by atoms with Gasteiger partial charge in [0, 0.05) is 13.1 Å². The minimum Gasteiger partial charge on any atom is -0.368 e. The van der Waals surface area contributed by atoms with Gasteiger partial charge >= 0.3 is 0 Å². The van der Waals surface area contributed by atoms with Gasteiger partial charge in [0.25, 0.3) is 0 Å². The predicted octanol–water partition coefficient (Wildman–Crippen LogP) is 1.53. The molecule has 0 aromatic carbocycles. The summed E-state index contributed by atoms with van der Waals surface area (Å²) >= 11 is 0. The van der Waals surface area contributed by atoms with Gasteiger partial charge < -0.3 is 4.90 Å². The molecule has 80 valence electrons. The van der Waals surface area contributed by atoms with Gasteiger partial charge in [-0.15, -0.1) is 0 Å². The third-order valence-corrected chi connectivity index (χ3v) is 2.81. The monoisotopic (exact) mass is 205 g/mol. The molecule has 1 fully saturated rings. The van der Waals surface area contributed by atoms with Gasteiger partial charge in [0.05, 0.1) is 18.1 Å². The van der Waals surface area contributed by atoms with E-state index in [1.54, 1.807) is 12.4 Å². The summed E-state index contributed by atoms with van der Waals surface area (Å²) in [6, 6.07) is 0. The van der Waals surface area contributed by atoms with Crippen LogP contribution in [0.15, 0.2) is 12.4 Å². The third-order valence-electron chi connectivity index (χ3n) is 2.81. The zero-order valence-corrected chi connectivity index (χ0v) is 9.10. The highest BCUT2D eigenvalue weighted by Crippen LogP contribution is 2.31. The smallest absolute Gasteiger partial charge is 0.192 e. The van der Waals surface area contributed by atoms with Gasteiger partial charge in [-0.25, -0.2) is 9.97 Å². The second kappa shape index (κ2) is 3.61. The average molecular weight is 205 g/mol. The van der Waals surface area contributed by atoms with Crippen LogP contribution < -0.4 is 4.90 Å². The Bertz CT molecular complexity index is 359. The molecule has 0 aliphatic carbocycles. The highest BCUT2D eigenvalue weighted by Gasteiger charge is 2.29. The first-order valence-corrected chi connectivity index (χ1v) is 5.13. The molecule has 0 amide bonds. The van der Waals surface area contributed by atoms with E-state index in [0.717, 1.165) is 18.8 Å². The minimum absolute atomic E-state index is 0.247. The van der Waals surface area contributed by atoms with E-state index >= 15 is 0 Å². The lowest BCUT2D eigenvalue weighted by molar-refractivity contribution is 0.111. The maximum Gasteiger partial charge on any atom is 0.192 e. The highest BCUT2D eigenvalue weighted by molar-refractivity contribution is 5.68. The summed E-state index contributed by atoms with van der Waals surface area (Å²) in [4.78, 5) is 20.6. The molecule has 2 heterocycles. The van der Waals surface area contributed by atoms with Crippen molar-refractivity contribution in [3.05, 3.63) is 18.2 Å². The first-order chi connectivity index (χ1) is 7.11. The lowest BCUT2D eigenvalue weighted by Crippen LogP contribution is -2.23. The molecule has 1 aromatic heterocycles. The van der Waals surface area contributed by atoms with Gasteiger partial charge in [0.1, 0.15) is 0 Å². The molecular formula is C11H15N3O. The molecule has 1 aliphatic heterocycles. The topological polar surface area (TPSA) is 46.1 Å². The molecule has 1 aliphatic rings. The second-order valence-electron chi connectivity index (χ2n) is 4.75. The van der Waals surface area contributed by atoms with E-state index in [-0.39, 0.29) is 5.82 Å². The van der Waals surface area contributed by atoms with Crippen LogP contribution in [-0.2, 0) is 0 Å². The second-order valence-corrected chi connectivity index (χ2v) is 4.75. The average Bonchev–Trinajstić information content (AvgIpc) is 2.59. The van der Waals surface area contributed by atoms with Crippen LogP contribution in [0, 0.1) is 5.41 Å². The summed E-state index contributed by atoms with van der Waals surface area (Å²) in [6.45, 7) is 6.58. The highest BCUT2D eigenvalue weighted by atomic mass is 16.1. The largest absolute Gasteiger partial charge is 0.368 e. The number of rotatable bonds is 2. The van der Waals surface area contributed by atoms with Gasteiger partial charge in [-0.05, 0) is 11.8 Å². The molecule has 0 bridgehead atoms. The van der Waals surface area contributed by atoms with Gasteiger partial charge in [0.15, 0.2) is 12.1 Å². The van der Waals surface area contributed by atoms with Crippen LogP contribution in [0.25, 0.3) is 0 Å². The number of hydrogen-bond acceptors (Lipinski definition) is 4. The molecule has 0 unspecified atom stereocenters. The Morgan fingerprint density at radius 1 is 1.40 bits per heavy atom. The zero-order chi connectivity index (χ0) is 10.9. The number of nitrogens with zero attached hydrogens (tertiary/aromatic N) is 3. The molecule has 4 heteroatoms. The van der Waals surface area contributed by atoms with Gasteiger partial charge in [0.2, 0.25) is 0 Å². The van der Waals surface area contributed by atoms with E-state index < -0.39 is 0 Å². The van der Waals surface area contributed by atoms with Crippen LogP contribution in [0.2, 0.25) is 0 Å². The molecule has 1 saturated heterocycles. The molecule has 1 aromatic rings. The first kappa shape index (κ1) is 10.1. The van der Waals surface area contributed by atoms with E-state index in [2.05, 4.69) is 28.7 Å². The molecule has 0 radical (unpaired) electrons. The van der Waals surface area contributed by atoms with E-state index in [1.165, 1.54) is 6.42 Å². The third kappa shape index (κ3) is 2.14. The summed E-state index contributed by atoms with van der Waals surface area (Å²) < 4.78 is 0. The maximum absolute atomic E-state index is 10.4. The minimum atomic E-state index is 0.247.